The van der Waals surface area contributed by atoms with Gasteiger partial charge in [0.1, 0.15) is 11.0 Å². The van der Waals surface area contributed by atoms with Gasteiger partial charge < -0.3 is 0 Å². The number of nitrogens with zero attached hydrogens (tertiary/aromatic N) is 8. The van der Waals surface area contributed by atoms with E-state index in [0.29, 0.717) is 0 Å². The molecule has 0 aliphatic rings. The van der Waals surface area contributed by atoms with Crippen molar-refractivity contribution in [3.8, 4) is 0 Å². The zero-order valence-electron chi connectivity index (χ0n) is 13.3. The Kier molecular flexibility index (Phi) is 4.70. The molecule has 0 aliphatic heterocycles. The van der Waals surface area contributed by atoms with Crippen LogP contribution in [0.4, 0.5) is 0 Å². The van der Waals surface area contributed by atoms with Crippen LogP contribution >= 0.6 is 0 Å². The van der Waals surface area contributed by atoms with Gasteiger partial charge in [-0.15, -0.1) is 5.10 Å². The summed E-state index contributed by atoms with van der Waals surface area (Å²) in [7, 11) is 11.4. The zero-order chi connectivity index (χ0) is 15.6. The molecule has 1 aromatic heterocycles. The van der Waals surface area contributed by atoms with Gasteiger partial charge in [0.2, 0.25) is 0 Å². The highest BCUT2D eigenvalue weighted by molar-refractivity contribution is 5.73. The number of hydrogen-bond donors (Lipinski definition) is 0. The molecule has 0 spiro atoms. The van der Waals surface area contributed by atoms with Gasteiger partial charge in [-0.1, -0.05) is 22.2 Å². The van der Waals surface area contributed by atoms with Gasteiger partial charge in [0.05, 0.1) is 5.28 Å². The van der Waals surface area contributed by atoms with E-state index < -0.39 is 0 Å². The number of hydrogen-bond acceptors (Lipinski definition) is 8. The van der Waals surface area contributed by atoms with Gasteiger partial charge in [0.25, 0.3) is 0 Å². The van der Waals surface area contributed by atoms with Crippen LogP contribution in [-0.2, 0) is 0 Å². The van der Waals surface area contributed by atoms with Crippen molar-refractivity contribution in [1.29, 1.82) is 0 Å². The Bertz CT molecular complexity index is 573. The second-order valence-corrected chi connectivity index (χ2v) is 5.10. The smallest absolute Gasteiger partial charge is 0.133 e. The van der Waals surface area contributed by atoms with E-state index in [1.807, 2.05) is 76.6 Å². The van der Waals surface area contributed by atoms with E-state index in [0.717, 1.165) is 11.0 Å². The fraction of sp³-hybridized carbons (Fsp3) is 0.500. The van der Waals surface area contributed by atoms with Crippen molar-refractivity contribution in [2.75, 3.05) is 42.3 Å². The van der Waals surface area contributed by atoms with Crippen molar-refractivity contribution < 1.29 is 4.94 Å². The van der Waals surface area contributed by atoms with E-state index in [9.17, 15) is 0 Å². The summed E-state index contributed by atoms with van der Waals surface area (Å²) in [5.41, 5.74) is 1.57. The molecule has 9 nitrogen and oxygen atoms in total. The fourth-order valence-corrected chi connectivity index (χ4v) is 1.91. The number of fused-ring (bicyclic) bond motifs is 1. The Hall–Kier alpha value is -1.78. The van der Waals surface area contributed by atoms with Gasteiger partial charge in [0, 0.05) is 42.3 Å². The van der Waals surface area contributed by atoms with Crippen LogP contribution in [0.25, 0.3) is 11.0 Å². The number of aromatic nitrogens is 3. The Morgan fingerprint density at radius 3 is 2.10 bits per heavy atom. The third-order valence-electron chi connectivity index (χ3n) is 2.68. The summed E-state index contributed by atoms with van der Waals surface area (Å²) in [5.74, 6) is 0. The first-order chi connectivity index (χ1) is 9.91. The summed E-state index contributed by atoms with van der Waals surface area (Å²) < 4.78 is 0. The summed E-state index contributed by atoms with van der Waals surface area (Å²) in [6.07, 6.45) is 0. The molecule has 0 fully saturated rings. The fourth-order valence-electron chi connectivity index (χ4n) is 1.91. The van der Waals surface area contributed by atoms with Crippen LogP contribution in [0.3, 0.4) is 0 Å². The third kappa shape index (κ3) is 3.28. The number of benzene rings is 1. The monoisotopic (exact) mass is 294 g/mol. The van der Waals surface area contributed by atoms with Crippen LogP contribution in [0.2, 0.25) is 0 Å². The van der Waals surface area contributed by atoms with Crippen LogP contribution in [0.15, 0.2) is 24.3 Å². The maximum atomic E-state index is 5.86. The maximum Gasteiger partial charge on any atom is 0.133 e. The molecule has 9 heteroatoms. The van der Waals surface area contributed by atoms with E-state index in [2.05, 4.69) is 10.3 Å². The first-order valence-electron chi connectivity index (χ1n) is 6.52. The number of para-hydroxylation sites is 1. The number of hydrazine groups is 4. The highest BCUT2D eigenvalue weighted by Gasteiger charge is 2.26. The molecule has 2 aromatic rings. The number of rotatable bonds is 6. The molecule has 2 rings (SSSR count). The minimum atomic E-state index is 0.775. The third-order valence-corrected chi connectivity index (χ3v) is 2.68. The van der Waals surface area contributed by atoms with Crippen molar-refractivity contribution in [2.45, 2.75) is 0 Å². The van der Waals surface area contributed by atoms with E-state index in [-0.39, 0.29) is 0 Å². The second-order valence-electron chi connectivity index (χ2n) is 5.10. The molecule has 0 atom stereocenters. The molecule has 1 aromatic carbocycles. The van der Waals surface area contributed by atoms with E-state index in [4.69, 9.17) is 4.94 Å². The summed E-state index contributed by atoms with van der Waals surface area (Å²) in [6, 6.07) is 7.62. The van der Waals surface area contributed by atoms with E-state index in [1.54, 1.807) is 15.5 Å². The molecule has 0 aliphatic carbocycles. The Balaban J connectivity index is 2.31. The molecule has 116 valence electrons. The standard InChI is InChI=1S/C12H22N8O/c1-15(2)19(16(3)4)20(17(5)6)21-18-12-10-8-7-9-11(12)13-14-18/h7-10H,1-6H3. The van der Waals surface area contributed by atoms with Crippen LogP contribution in [0.5, 0.6) is 0 Å². The summed E-state index contributed by atoms with van der Waals surface area (Å²) in [4.78, 5) is 7.24. The average Bonchev–Trinajstić information content (AvgIpc) is 2.80. The minimum absolute atomic E-state index is 0.775. The predicted molar refractivity (Wildman–Crippen MR) is 78.8 cm³/mol. The molecule has 0 amide bonds. The predicted octanol–water partition coefficient (Wildman–Crippen LogP) is -0.276. The van der Waals surface area contributed by atoms with Crippen molar-refractivity contribution in [1.82, 2.24) is 40.7 Å². The molecule has 0 N–H and O–H groups in total. The topological polar surface area (TPSA) is 56.1 Å². The average molecular weight is 294 g/mol. The van der Waals surface area contributed by atoms with Gasteiger partial charge in [-0.25, -0.2) is 10.0 Å². The molecule has 0 radical (unpaired) electrons. The molecular formula is C12H22N8O. The van der Waals surface area contributed by atoms with Crippen LogP contribution in [-0.4, -0.2) is 83.0 Å². The lowest BCUT2D eigenvalue weighted by atomic mass is 10.3. The molecule has 0 saturated heterocycles. The van der Waals surface area contributed by atoms with Gasteiger partial charge >= 0.3 is 0 Å². The van der Waals surface area contributed by atoms with Crippen molar-refractivity contribution >= 4 is 11.0 Å². The lowest BCUT2D eigenvalue weighted by Crippen LogP contribution is -2.63. The van der Waals surface area contributed by atoms with Crippen LogP contribution < -0.4 is 4.94 Å². The Labute approximate surface area is 124 Å². The first kappa shape index (κ1) is 15.6. The molecule has 21 heavy (non-hydrogen) atoms. The SMILES string of the molecule is CN(C)N(On1nnc2ccccc21)N(N(C)C)N(C)C. The second kappa shape index (κ2) is 6.33. The lowest BCUT2D eigenvalue weighted by molar-refractivity contribution is -0.469. The lowest BCUT2D eigenvalue weighted by Gasteiger charge is -2.41. The van der Waals surface area contributed by atoms with Gasteiger partial charge in [-0.3, -0.25) is 4.94 Å². The van der Waals surface area contributed by atoms with E-state index >= 15 is 0 Å². The summed E-state index contributed by atoms with van der Waals surface area (Å²) >= 11 is 0. The van der Waals surface area contributed by atoms with Crippen molar-refractivity contribution in [2.24, 2.45) is 0 Å². The van der Waals surface area contributed by atoms with Crippen LogP contribution in [0.1, 0.15) is 0 Å². The molecule has 0 bridgehead atoms. The highest BCUT2D eigenvalue weighted by atomic mass is 16.9. The normalized spacial score (nSPS) is 12.5. The molecule has 0 unspecified atom stereocenters. The quantitative estimate of drug-likeness (QED) is 0.675. The van der Waals surface area contributed by atoms with Crippen molar-refractivity contribution in [3.63, 3.8) is 0 Å². The van der Waals surface area contributed by atoms with Gasteiger partial charge in [-0.2, -0.15) is 5.01 Å². The maximum absolute atomic E-state index is 5.86. The molecule has 0 saturated carbocycles. The van der Waals surface area contributed by atoms with Gasteiger partial charge in [-0.05, 0) is 17.3 Å². The van der Waals surface area contributed by atoms with Gasteiger partial charge in [0.15, 0.2) is 0 Å². The first-order valence-corrected chi connectivity index (χ1v) is 6.52. The molecular weight excluding hydrogens is 272 g/mol. The van der Waals surface area contributed by atoms with Crippen molar-refractivity contribution in [3.05, 3.63) is 24.3 Å². The summed E-state index contributed by atoms with van der Waals surface area (Å²) in [6.45, 7) is 0. The highest BCUT2D eigenvalue weighted by Crippen LogP contribution is 2.10. The Morgan fingerprint density at radius 1 is 0.905 bits per heavy atom. The largest absolute Gasteiger partial charge is 0.262 e. The minimum Gasteiger partial charge on any atom is -0.262 e. The van der Waals surface area contributed by atoms with Crippen LogP contribution in [0, 0.1) is 0 Å². The Morgan fingerprint density at radius 2 is 1.52 bits per heavy atom. The molecule has 1 heterocycles. The van der Waals surface area contributed by atoms with E-state index in [1.165, 1.54) is 4.85 Å². The zero-order valence-corrected chi connectivity index (χ0v) is 13.3. The summed E-state index contributed by atoms with van der Waals surface area (Å²) in [5, 5.41) is 17.0.